The average molecular weight is 250 g/mol. The molecule has 0 heterocycles. The first kappa shape index (κ1) is 11.1. The summed E-state index contributed by atoms with van der Waals surface area (Å²) in [5.41, 5.74) is -0.238. The second-order valence-electron chi connectivity index (χ2n) is 4.24. The minimum absolute atomic E-state index is 0.0345. The molecule has 0 saturated heterocycles. The third-order valence-corrected chi connectivity index (χ3v) is 3.10. The van der Waals surface area contributed by atoms with Crippen molar-refractivity contribution in [1.82, 2.24) is 0 Å². The average Bonchev–Trinajstić information content (AvgIpc) is 2.43. The van der Waals surface area contributed by atoms with E-state index >= 15 is 0 Å². The van der Waals surface area contributed by atoms with Crippen LogP contribution in [-0.4, -0.2) is 4.92 Å². The number of fused-ring (bicyclic) bond motifs is 2. The van der Waals surface area contributed by atoms with Gasteiger partial charge in [-0.2, -0.15) is 0 Å². The molecule has 0 fully saturated rings. The maximum absolute atomic E-state index is 10.9. The molecule has 0 aliphatic rings. The lowest BCUT2D eigenvalue weighted by molar-refractivity contribution is -0.383. The SMILES string of the molecule is N#[N+]c1cc2cc3ccccc3cc2cc1[N+](=O)[O-]. The van der Waals surface area contributed by atoms with Gasteiger partial charge in [0.15, 0.2) is 4.98 Å². The monoisotopic (exact) mass is 250 g/mol. The van der Waals surface area contributed by atoms with Crippen LogP contribution in [0.4, 0.5) is 11.4 Å². The van der Waals surface area contributed by atoms with Crippen molar-refractivity contribution in [1.29, 1.82) is 5.39 Å². The van der Waals surface area contributed by atoms with Gasteiger partial charge in [-0.25, -0.2) is 0 Å². The van der Waals surface area contributed by atoms with Crippen LogP contribution in [0, 0.1) is 15.5 Å². The molecule has 0 aromatic heterocycles. The first-order valence-electron chi connectivity index (χ1n) is 5.65. The van der Waals surface area contributed by atoms with Gasteiger partial charge in [0.25, 0.3) is 0 Å². The van der Waals surface area contributed by atoms with Gasteiger partial charge in [-0.1, -0.05) is 24.3 Å². The Hall–Kier alpha value is -3.00. The summed E-state index contributed by atoms with van der Waals surface area (Å²) in [5, 5.41) is 23.4. The Balaban J connectivity index is 2.42. The van der Waals surface area contributed by atoms with Gasteiger partial charge in [0, 0.05) is 12.1 Å². The van der Waals surface area contributed by atoms with Gasteiger partial charge < -0.3 is 0 Å². The molecule has 3 aromatic rings. The number of rotatable bonds is 1. The van der Waals surface area contributed by atoms with Crippen LogP contribution in [0.2, 0.25) is 0 Å². The minimum atomic E-state index is -0.552. The quantitative estimate of drug-likeness (QED) is 0.278. The number of nitro benzene ring substituents is 1. The predicted octanol–water partition coefficient (Wildman–Crippen LogP) is 4.39. The van der Waals surface area contributed by atoms with Crippen molar-refractivity contribution < 1.29 is 4.92 Å². The highest BCUT2D eigenvalue weighted by atomic mass is 16.6. The van der Waals surface area contributed by atoms with Gasteiger partial charge in [0.1, 0.15) is 0 Å². The largest absolute Gasteiger partial charge is 0.461 e. The van der Waals surface area contributed by atoms with Crippen LogP contribution in [-0.2, 0) is 0 Å². The second-order valence-corrected chi connectivity index (χ2v) is 4.24. The minimum Gasteiger partial charge on any atom is -0.258 e. The zero-order valence-corrected chi connectivity index (χ0v) is 9.78. The highest BCUT2D eigenvalue weighted by Gasteiger charge is 2.25. The van der Waals surface area contributed by atoms with Crippen LogP contribution < -0.4 is 0 Å². The summed E-state index contributed by atoms with van der Waals surface area (Å²) in [4.78, 5) is 13.4. The van der Waals surface area contributed by atoms with Crippen molar-refractivity contribution in [2.24, 2.45) is 0 Å². The highest BCUT2D eigenvalue weighted by Crippen LogP contribution is 2.34. The molecule has 90 valence electrons. The number of benzene rings is 3. The van der Waals surface area contributed by atoms with E-state index in [-0.39, 0.29) is 11.4 Å². The molecular formula is C14H8N3O2+. The molecule has 3 aromatic carbocycles. The van der Waals surface area contributed by atoms with Crippen molar-refractivity contribution in [3.8, 4) is 0 Å². The van der Waals surface area contributed by atoms with Crippen molar-refractivity contribution in [3.63, 3.8) is 0 Å². The Bertz CT molecular complexity index is 866. The molecule has 5 heteroatoms. The van der Waals surface area contributed by atoms with Crippen molar-refractivity contribution >= 4 is 32.9 Å². The van der Waals surface area contributed by atoms with Gasteiger partial charge in [0.2, 0.25) is 5.39 Å². The Kier molecular flexibility index (Phi) is 2.36. The van der Waals surface area contributed by atoms with Gasteiger partial charge in [-0.05, 0) is 33.7 Å². The Labute approximate surface area is 107 Å². The standard InChI is InChI=1S/C14H8N3O2/c15-16-13-7-11-5-9-3-1-2-4-10(9)6-12(11)8-14(13)17(18)19/h1-8H/q+1. The van der Waals surface area contributed by atoms with E-state index in [1.165, 1.54) is 12.1 Å². The van der Waals surface area contributed by atoms with Gasteiger partial charge in [-0.3, -0.25) is 10.1 Å². The van der Waals surface area contributed by atoms with E-state index in [4.69, 9.17) is 5.39 Å². The molecule has 3 rings (SSSR count). The van der Waals surface area contributed by atoms with Crippen molar-refractivity contribution in [3.05, 3.63) is 63.6 Å². The lowest BCUT2D eigenvalue weighted by Crippen LogP contribution is -1.88. The second kappa shape index (κ2) is 4.03. The summed E-state index contributed by atoms with van der Waals surface area (Å²) in [6.45, 7) is 0. The number of hydrogen-bond acceptors (Lipinski definition) is 3. The topological polar surface area (TPSA) is 71.3 Å². The fourth-order valence-electron chi connectivity index (χ4n) is 2.19. The molecule has 19 heavy (non-hydrogen) atoms. The molecule has 0 aliphatic heterocycles. The molecule has 0 atom stereocenters. The van der Waals surface area contributed by atoms with E-state index in [0.29, 0.717) is 0 Å². The Morgan fingerprint density at radius 3 is 2.05 bits per heavy atom. The van der Waals surface area contributed by atoms with Crippen LogP contribution >= 0.6 is 0 Å². The summed E-state index contributed by atoms with van der Waals surface area (Å²) < 4.78 is 0. The Morgan fingerprint density at radius 2 is 1.53 bits per heavy atom. The molecule has 0 N–H and O–H groups in total. The van der Waals surface area contributed by atoms with Gasteiger partial charge in [0.05, 0.1) is 4.92 Å². The number of diazo groups is 1. The van der Waals surface area contributed by atoms with E-state index in [0.717, 1.165) is 21.5 Å². The van der Waals surface area contributed by atoms with Crippen molar-refractivity contribution in [2.45, 2.75) is 0 Å². The Morgan fingerprint density at radius 1 is 0.947 bits per heavy atom. The van der Waals surface area contributed by atoms with Crippen molar-refractivity contribution in [2.75, 3.05) is 0 Å². The van der Waals surface area contributed by atoms with E-state index < -0.39 is 4.92 Å². The molecule has 0 amide bonds. The molecule has 0 unspecified atom stereocenters. The first-order chi connectivity index (χ1) is 9.19. The maximum Gasteiger partial charge on any atom is 0.461 e. The third-order valence-electron chi connectivity index (χ3n) is 3.10. The van der Waals surface area contributed by atoms with E-state index in [1.54, 1.807) is 0 Å². The van der Waals surface area contributed by atoms with E-state index in [9.17, 15) is 10.1 Å². The lowest BCUT2D eigenvalue weighted by atomic mass is 10.0. The summed E-state index contributed by atoms with van der Waals surface area (Å²) >= 11 is 0. The molecule has 0 radical (unpaired) electrons. The number of hydrogen-bond donors (Lipinski definition) is 0. The summed E-state index contributed by atoms with van der Waals surface area (Å²) in [6, 6.07) is 14.5. The summed E-state index contributed by atoms with van der Waals surface area (Å²) in [5.74, 6) is 0. The summed E-state index contributed by atoms with van der Waals surface area (Å²) in [6.07, 6.45) is 0. The van der Waals surface area contributed by atoms with Crippen LogP contribution in [0.5, 0.6) is 0 Å². The zero-order chi connectivity index (χ0) is 13.4. The molecule has 0 saturated carbocycles. The molecule has 0 bridgehead atoms. The third kappa shape index (κ3) is 1.76. The highest BCUT2D eigenvalue weighted by molar-refractivity contribution is 6.01. The number of nitro groups is 1. The number of nitrogens with zero attached hydrogens (tertiary/aromatic N) is 3. The van der Waals surface area contributed by atoms with E-state index in [2.05, 4.69) is 4.98 Å². The first-order valence-corrected chi connectivity index (χ1v) is 5.65. The fourth-order valence-corrected chi connectivity index (χ4v) is 2.19. The lowest BCUT2D eigenvalue weighted by Gasteiger charge is -2.01. The smallest absolute Gasteiger partial charge is 0.258 e. The van der Waals surface area contributed by atoms with Gasteiger partial charge in [-0.15, -0.1) is 0 Å². The zero-order valence-electron chi connectivity index (χ0n) is 9.78. The maximum atomic E-state index is 10.9. The molecule has 0 spiro atoms. The van der Waals surface area contributed by atoms with Crippen LogP contribution in [0.15, 0.2) is 48.5 Å². The van der Waals surface area contributed by atoms with Crippen LogP contribution in [0.25, 0.3) is 26.5 Å². The fraction of sp³-hybridized carbons (Fsp3) is 0. The molecule has 5 nitrogen and oxygen atoms in total. The normalized spacial score (nSPS) is 10.5. The van der Waals surface area contributed by atoms with E-state index in [1.807, 2.05) is 36.4 Å². The molecule has 0 aliphatic carbocycles. The van der Waals surface area contributed by atoms with Crippen LogP contribution in [0.3, 0.4) is 0 Å². The van der Waals surface area contributed by atoms with Crippen LogP contribution in [0.1, 0.15) is 0 Å². The van der Waals surface area contributed by atoms with Gasteiger partial charge >= 0.3 is 11.4 Å². The molecular weight excluding hydrogens is 242 g/mol. The predicted molar refractivity (Wildman–Crippen MR) is 72.9 cm³/mol. The summed E-state index contributed by atoms with van der Waals surface area (Å²) in [7, 11) is 0.